The molecule has 0 saturated heterocycles. The number of nitrogens with one attached hydrogen (secondary N) is 2. The fraction of sp³-hybridized carbons (Fsp3) is 0.571. The monoisotopic (exact) mass is 260 g/mol. The van der Waals surface area contributed by atoms with E-state index < -0.39 is 5.60 Å². The lowest BCUT2D eigenvalue weighted by atomic mass is 9.79. The van der Waals surface area contributed by atoms with Crippen molar-refractivity contribution >= 4 is 16.9 Å². The molecule has 1 aliphatic rings. The van der Waals surface area contributed by atoms with Gasteiger partial charge in [-0.25, -0.2) is 9.97 Å². The minimum Gasteiger partial charge on any atom is -0.388 e. The second-order valence-corrected chi connectivity index (χ2v) is 5.74. The average molecular weight is 260 g/mol. The van der Waals surface area contributed by atoms with Gasteiger partial charge in [-0.15, -0.1) is 0 Å². The van der Waals surface area contributed by atoms with Gasteiger partial charge >= 0.3 is 0 Å². The van der Waals surface area contributed by atoms with Crippen molar-refractivity contribution in [3.05, 3.63) is 18.6 Å². The van der Waals surface area contributed by atoms with Gasteiger partial charge in [-0.05, 0) is 24.8 Å². The molecule has 1 fully saturated rings. The predicted molar refractivity (Wildman–Crippen MR) is 75.0 cm³/mol. The number of H-pyrrole nitrogens is 1. The van der Waals surface area contributed by atoms with Crippen LogP contribution in [0.4, 0.5) is 5.82 Å². The van der Waals surface area contributed by atoms with Gasteiger partial charge < -0.3 is 15.4 Å². The third kappa shape index (κ3) is 2.56. The summed E-state index contributed by atoms with van der Waals surface area (Å²) < 4.78 is 0. The molecule has 5 heteroatoms. The molecule has 19 heavy (non-hydrogen) atoms. The zero-order chi connectivity index (χ0) is 13.3. The minimum absolute atomic E-state index is 0.550. The van der Waals surface area contributed by atoms with Crippen molar-refractivity contribution in [2.45, 2.75) is 38.2 Å². The highest BCUT2D eigenvalue weighted by Crippen LogP contribution is 2.32. The van der Waals surface area contributed by atoms with Crippen LogP contribution in [0.3, 0.4) is 0 Å². The first-order valence-corrected chi connectivity index (χ1v) is 6.91. The van der Waals surface area contributed by atoms with Gasteiger partial charge in [0.2, 0.25) is 0 Å². The van der Waals surface area contributed by atoms with E-state index in [4.69, 9.17) is 0 Å². The molecule has 3 N–H and O–H groups in total. The molecular formula is C14H20N4O. The molecule has 2 aromatic heterocycles. The van der Waals surface area contributed by atoms with E-state index in [-0.39, 0.29) is 0 Å². The van der Waals surface area contributed by atoms with Crippen molar-refractivity contribution in [3.8, 4) is 0 Å². The highest BCUT2D eigenvalue weighted by Gasteiger charge is 2.32. The van der Waals surface area contributed by atoms with E-state index in [2.05, 4.69) is 27.2 Å². The third-order valence-corrected chi connectivity index (χ3v) is 4.01. The summed E-state index contributed by atoms with van der Waals surface area (Å²) in [6, 6.07) is 1.95. The molecule has 2 atom stereocenters. The Bertz CT molecular complexity index is 567. The molecule has 5 nitrogen and oxygen atoms in total. The fourth-order valence-electron chi connectivity index (χ4n) is 3.05. The lowest BCUT2D eigenvalue weighted by Crippen LogP contribution is -2.41. The SMILES string of the molecule is CC1CCCC(O)(CNc2ncnc3[nH]ccc23)C1. The van der Waals surface area contributed by atoms with E-state index in [1.54, 1.807) is 0 Å². The summed E-state index contributed by atoms with van der Waals surface area (Å²) in [5, 5.41) is 14.9. The smallest absolute Gasteiger partial charge is 0.142 e. The van der Waals surface area contributed by atoms with Crippen LogP contribution in [0.15, 0.2) is 18.6 Å². The molecule has 2 aromatic rings. The molecule has 0 amide bonds. The highest BCUT2D eigenvalue weighted by atomic mass is 16.3. The molecule has 0 radical (unpaired) electrons. The Morgan fingerprint density at radius 2 is 2.42 bits per heavy atom. The van der Waals surface area contributed by atoms with Crippen molar-refractivity contribution in [1.82, 2.24) is 15.0 Å². The van der Waals surface area contributed by atoms with Crippen molar-refractivity contribution < 1.29 is 5.11 Å². The van der Waals surface area contributed by atoms with Gasteiger partial charge in [0.15, 0.2) is 0 Å². The Hall–Kier alpha value is -1.62. The van der Waals surface area contributed by atoms with E-state index in [0.717, 1.165) is 36.1 Å². The van der Waals surface area contributed by atoms with E-state index in [0.29, 0.717) is 12.5 Å². The summed E-state index contributed by atoms with van der Waals surface area (Å²) in [4.78, 5) is 11.5. The molecule has 1 aliphatic carbocycles. The van der Waals surface area contributed by atoms with Crippen LogP contribution in [-0.2, 0) is 0 Å². The molecule has 102 valence electrons. The number of aromatic amines is 1. The molecule has 0 aromatic carbocycles. The van der Waals surface area contributed by atoms with Gasteiger partial charge in [0, 0.05) is 12.7 Å². The van der Waals surface area contributed by atoms with Crippen LogP contribution >= 0.6 is 0 Å². The number of rotatable bonds is 3. The van der Waals surface area contributed by atoms with Gasteiger partial charge in [-0.3, -0.25) is 0 Å². The second-order valence-electron chi connectivity index (χ2n) is 5.74. The molecule has 3 rings (SSSR count). The summed E-state index contributed by atoms with van der Waals surface area (Å²) in [5.41, 5.74) is 0.215. The zero-order valence-corrected chi connectivity index (χ0v) is 11.2. The van der Waals surface area contributed by atoms with E-state index in [1.807, 2.05) is 12.3 Å². The largest absolute Gasteiger partial charge is 0.388 e. The molecule has 0 bridgehead atoms. The lowest BCUT2D eigenvalue weighted by Gasteiger charge is -2.35. The van der Waals surface area contributed by atoms with Crippen molar-refractivity contribution in [2.24, 2.45) is 5.92 Å². The summed E-state index contributed by atoms with van der Waals surface area (Å²) in [6.45, 7) is 2.76. The Kier molecular flexibility index (Phi) is 3.14. The van der Waals surface area contributed by atoms with E-state index in [9.17, 15) is 5.11 Å². The standard InChI is InChI=1S/C14H20N4O/c1-10-3-2-5-14(19,7-10)8-16-13-11-4-6-15-12(11)17-9-18-13/h4,6,9-10,19H,2-3,5,7-8H2,1H3,(H2,15,16,17,18). The first kappa shape index (κ1) is 12.4. The number of aromatic nitrogens is 3. The van der Waals surface area contributed by atoms with E-state index >= 15 is 0 Å². The molecule has 1 saturated carbocycles. The Labute approximate surface area is 112 Å². The maximum absolute atomic E-state index is 10.6. The average Bonchev–Trinajstić information content (AvgIpc) is 2.85. The van der Waals surface area contributed by atoms with Crippen LogP contribution in [0.25, 0.3) is 11.0 Å². The van der Waals surface area contributed by atoms with Crippen molar-refractivity contribution in [1.29, 1.82) is 0 Å². The van der Waals surface area contributed by atoms with Crippen LogP contribution in [0.1, 0.15) is 32.6 Å². The maximum Gasteiger partial charge on any atom is 0.142 e. The van der Waals surface area contributed by atoms with Crippen LogP contribution in [0.2, 0.25) is 0 Å². The second kappa shape index (κ2) is 4.81. The predicted octanol–water partition coefficient (Wildman–Crippen LogP) is 2.31. The summed E-state index contributed by atoms with van der Waals surface area (Å²) in [7, 11) is 0. The van der Waals surface area contributed by atoms with Crippen LogP contribution < -0.4 is 5.32 Å². The topological polar surface area (TPSA) is 73.8 Å². The van der Waals surface area contributed by atoms with Crippen LogP contribution in [-0.4, -0.2) is 32.2 Å². The van der Waals surface area contributed by atoms with Gasteiger partial charge in [-0.1, -0.05) is 19.8 Å². The molecule has 0 aliphatic heterocycles. The Morgan fingerprint density at radius 3 is 3.26 bits per heavy atom. The van der Waals surface area contributed by atoms with Gasteiger partial charge in [-0.2, -0.15) is 0 Å². The summed E-state index contributed by atoms with van der Waals surface area (Å²) in [5.74, 6) is 1.39. The number of anilines is 1. The lowest BCUT2D eigenvalue weighted by molar-refractivity contribution is -0.000802. The van der Waals surface area contributed by atoms with Crippen molar-refractivity contribution in [2.75, 3.05) is 11.9 Å². The zero-order valence-electron chi connectivity index (χ0n) is 11.2. The normalized spacial score (nSPS) is 27.6. The highest BCUT2D eigenvalue weighted by molar-refractivity contribution is 5.86. The summed E-state index contributed by atoms with van der Waals surface area (Å²) >= 11 is 0. The number of fused-ring (bicyclic) bond motifs is 1. The summed E-state index contributed by atoms with van der Waals surface area (Å²) in [6.07, 6.45) is 7.43. The number of aliphatic hydroxyl groups is 1. The maximum atomic E-state index is 10.6. The van der Waals surface area contributed by atoms with Crippen LogP contribution in [0, 0.1) is 5.92 Å². The number of hydrogen-bond acceptors (Lipinski definition) is 4. The molecular weight excluding hydrogens is 240 g/mol. The fourth-order valence-corrected chi connectivity index (χ4v) is 3.05. The van der Waals surface area contributed by atoms with E-state index in [1.165, 1.54) is 12.7 Å². The van der Waals surface area contributed by atoms with Gasteiger partial charge in [0.05, 0.1) is 11.0 Å². The van der Waals surface area contributed by atoms with Gasteiger partial charge in [0.1, 0.15) is 17.8 Å². The van der Waals surface area contributed by atoms with Crippen LogP contribution in [0.5, 0.6) is 0 Å². The Balaban J connectivity index is 1.73. The first-order valence-electron chi connectivity index (χ1n) is 6.91. The molecule has 0 spiro atoms. The van der Waals surface area contributed by atoms with Gasteiger partial charge in [0.25, 0.3) is 0 Å². The number of hydrogen-bond donors (Lipinski definition) is 3. The third-order valence-electron chi connectivity index (χ3n) is 4.01. The van der Waals surface area contributed by atoms with Crippen molar-refractivity contribution in [3.63, 3.8) is 0 Å². The Morgan fingerprint density at radius 1 is 1.53 bits per heavy atom. The first-order chi connectivity index (χ1) is 9.16. The quantitative estimate of drug-likeness (QED) is 0.791. The molecule has 2 unspecified atom stereocenters. The number of nitrogens with zero attached hydrogens (tertiary/aromatic N) is 2. The molecule has 2 heterocycles. The minimum atomic E-state index is -0.606.